The number of benzene rings is 3. The summed E-state index contributed by atoms with van der Waals surface area (Å²) >= 11 is 0. The molecule has 1 heterocycles. The van der Waals surface area contributed by atoms with Gasteiger partial charge >= 0.3 is 0 Å². The van der Waals surface area contributed by atoms with Crippen LogP contribution in [0, 0.1) is 0 Å². The van der Waals surface area contributed by atoms with Gasteiger partial charge in [0.1, 0.15) is 0 Å². The smallest absolute Gasteiger partial charge is 0.0465 e. The van der Waals surface area contributed by atoms with Crippen molar-refractivity contribution in [1.82, 2.24) is 4.98 Å². The molecule has 1 heteroatoms. The summed E-state index contributed by atoms with van der Waals surface area (Å²) in [6, 6.07) is 25.6. The molecular weight excluding hydrogens is 254 g/mol. The molecule has 4 aromatic rings. The lowest BCUT2D eigenvalue weighted by atomic mass is 10.0. The van der Waals surface area contributed by atoms with Crippen molar-refractivity contribution < 1.29 is 0 Å². The average molecular weight is 273 g/mol. The van der Waals surface area contributed by atoms with Gasteiger partial charge < -0.3 is 4.98 Å². The Balaban J connectivity index is 0.000000636. The van der Waals surface area contributed by atoms with Crippen LogP contribution in [-0.2, 0) is 0 Å². The molecule has 0 unspecified atom stereocenters. The fourth-order valence-electron chi connectivity index (χ4n) is 2.66. The van der Waals surface area contributed by atoms with E-state index in [9.17, 15) is 0 Å². The fourth-order valence-corrected chi connectivity index (χ4v) is 2.66. The van der Waals surface area contributed by atoms with Gasteiger partial charge in [-0.15, -0.1) is 0 Å². The number of hydrogen-bond donors (Lipinski definition) is 1. The Bertz CT molecular complexity index is 857. The zero-order chi connectivity index (χ0) is 14.7. The summed E-state index contributed by atoms with van der Waals surface area (Å²) < 4.78 is 0. The third-order valence-electron chi connectivity index (χ3n) is 3.61. The molecule has 3 aromatic carbocycles. The van der Waals surface area contributed by atoms with Crippen molar-refractivity contribution in [3.05, 3.63) is 72.8 Å². The molecule has 0 aliphatic heterocycles. The lowest BCUT2D eigenvalue weighted by Gasteiger charge is -2.01. The highest BCUT2D eigenvalue weighted by molar-refractivity contribution is 6.08. The summed E-state index contributed by atoms with van der Waals surface area (Å²) in [6.45, 7) is 4.00. The van der Waals surface area contributed by atoms with Gasteiger partial charge in [-0.1, -0.05) is 68.4 Å². The third-order valence-corrected chi connectivity index (χ3v) is 3.61. The van der Waals surface area contributed by atoms with Gasteiger partial charge in [-0.25, -0.2) is 0 Å². The Kier molecular flexibility index (Phi) is 3.74. The largest absolute Gasteiger partial charge is 0.355 e. The van der Waals surface area contributed by atoms with Gasteiger partial charge in [-0.05, 0) is 29.3 Å². The van der Waals surface area contributed by atoms with E-state index >= 15 is 0 Å². The number of aromatic amines is 1. The van der Waals surface area contributed by atoms with Gasteiger partial charge in [-0.2, -0.15) is 0 Å². The van der Waals surface area contributed by atoms with Gasteiger partial charge in [0.15, 0.2) is 0 Å². The molecule has 1 aromatic heterocycles. The van der Waals surface area contributed by atoms with Crippen molar-refractivity contribution in [1.29, 1.82) is 0 Å². The molecule has 21 heavy (non-hydrogen) atoms. The molecule has 0 bridgehead atoms. The molecule has 0 radical (unpaired) electrons. The number of para-hydroxylation sites is 1. The minimum absolute atomic E-state index is 1.20. The SMILES string of the molecule is CC.c1ccc(-c2ccc3[nH]c4ccccc4c3c2)cc1. The first-order chi connectivity index (χ1) is 10.4. The van der Waals surface area contributed by atoms with E-state index in [2.05, 4.69) is 71.7 Å². The molecule has 0 saturated heterocycles. The molecule has 1 nitrogen and oxygen atoms in total. The van der Waals surface area contributed by atoms with Crippen molar-refractivity contribution in [3.63, 3.8) is 0 Å². The maximum absolute atomic E-state index is 3.46. The van der Waals surface area contributed by atoms with Gasteiger partial charge in [0, 0.05) is 21.8 Å². The Morgan fingerprint density at radius 3 is 2.05 bits per heavy atom. The van der Waals surface area contributed by atoms with E-state index in [-0.39, 0.29) is 0 Å². The lowest BCUT2D eigenvalue weighted by molar-refractivity contribution is 1.50. The van der Waals surface area contributed by atoms with E-state index in [0.29, 0.717) is 0 Å². The first kappa shape index (κ1) is 13.4. The first-order valence-electron chi connectivity index (χ1n) is 7.48. The van der Waals surface area contributed by atoms with Crippen LogP contribution in [0.15, 0.2) is 72.8 Å². The Labute approximate surface area is 125 Å². The minimum atomic E-state index is 1.20. The second-order valence-electron chi connectivity index (χ2n) is 4.80. The van der Waals surface area contributed by atoms with Crippen molar-refractivity contribution in [2.45, 2.75) is 13.8 Å². The van der Waals surface area contributed by atoms with Crippen LogP contribution < -0.4 is 0 Å². The van der Waals surface area contributed by atoms with E-state index in [1.165, 1.54) is 32.9 Å². The monoisotopic (exact) mass is 273 g/mol. The highest BCUT2D eigenvalue weighted by atomic mass is 14.7. The summed E-state index contributed by atoms with van der Waals surface area (Å²) in [7, 11) is 0. The van der Waals surface area contributed by atoms with E-state index < -0.39 is 0 Å². The molecule has 4 rings (SSSR count). The van der Waals surface area contributed by atoms with Gasteiger partial charge in [0.2, 0.25) is 0 Å². The number of aromatic nitrogens is 1. The molecule has 0 aliphatic carbocycles. The summed E-state index contributed by atoms with van der Waals surface area (Å²) in [5.41, 5.74) is 4.91. The Morgan fingerprint density at radius 1 is 0.571 bits per heavy atom. The second-order valence-corrected chi connectivity index (χ2v) is 4.80. The molecule has 0 amide bonds. The summed E-state index contributed by atoms with van der Waals surface area (Å²) in [6.07, 6.45) is 0. The van der Waals surface area contributed by atoms with E-state index in [0.717, 1.165) is 0 Å². The zero-order valence-corrected chi connectivity index (χ0v) is 12.4. The molecule has 0 atom stereocenters. The maximum Gasteiger partial charge on any atom is 0.0465 e. The van der Waals surface area contributed by atoms with Gasteiger partial charge in [-0.3, -0.25) is 0 Å². The van der Waals surface area contributed by atoms with Crippen LogP contribution in [0.5, 0.6) is 0 Å². The van der Waals surface area contributed by atoms with E-state index in [1.54, 1.807) is 0 Å². The van der Waals surface area contributed by atoms with Crippen LogP contribution in [0.25, 0.3) is 32.9 Å². The first-order valence-corrected chi connectivity index (χ1v) is 7.48. The maximum atomic E-state index is 3.46. The number of hydrogen-bond acceptors (Lipinski definition) is 0. The standard InChI is InChI=1S/C18H13N.C2H6/c1-2-6-13(7-3-1)14-10-11-18-16(12-14)15-8-4-5-9-17(15)19-18;1-2/h1-12,19H;1-2H3. The molecule has 0 aliphatic rings. The lowest BCUT2D eigenvalue weighted by Crippen LogP contribution is -1.76. The van der Waals surface area contributed by atoms with Crippen molar-refractivity contribution in [2.24, 2.45) is 0 Å². The van der Waals surface area contributed by atoms with Crippen LogP contribution >= 0.6 is 0 Å². The van der Waals surface area contributed by atoms with Crippen LogP contribution in [0.1, 0.15) is 13.8 Å². The highest BCUT2D eigenvalue weighted by Gasteiger charge is 2.05. The molecule has 104 valence electrons. The van der Waals surface area contributed by atoms with Crippen LogP contribution in [-0.4, -0.2) is 4.98 Å². The zero-order valence-electron chi connectivity index (χ0n) is 12.4. The summed E-state index contributed by atoms with van der Waals surface area (Å²) in [5, 5.41) is 2.58. The van der Waals surface area contributed by atoms with Crippen molar-refractivity contribution in [3.8, 4) is 11.1 Å². The van der Waals surface area contributed by atoms with E-state index in [4.69, 9.17) is 0 Å². The normalized spacial score (nSPS) is 10.4. The molecule has 1 N–H and O–H groups in total. The van der Waals surface area contributed by atoms with Crippen molar-refractivity contribution >= 4 is 21.8 Å². The van der Waals surface area contributed by atoms with Crippen molar-refractivity contribution in [2.75, 3.05) is 0 Å². The fraction of sp³-hybridized carbons (Fsp3) is 0.100. The summed E-state index contributed by atoms with van der Waals surface area (Å²) in [4.78, 5) is 3.46. The third kappa shape index (κ3) is 2.43. The minimum Gasteiger partial charge on any atom is -0.355 e. The molecular formula is C20H19N. The van der Waals surface area contributed by atoms with Crippen LogP contribution in [0.4, 0.5) is 0 Å². The number of nitrogens with one attached hydrogen (secondary N) is 1. The van der Waals surface area contributed by atoms with Crippen LogP contribution in [0.3, 0.4) is 0 Å². The number of fused-ring (bicyclic) bond motifs is 3. The summed E-state index contributed by atoms with van der Waals surface area (Å²) in [5.74, 6) is 0. The van der Waals surface area contributed by atoms with Crippen LogP contribution in [0.2, 0.25) is 0 Å². The predicted octanol–water partition coefficient (Wildman–Crippen LogP) is 6.01. The average Bonchev–Trinajstić information content (AvgIpc) is 2.95. The Hall–Kier alpha value is -2.54. The Morgan fingerprint density at radius 2 is 1.24 bits per heavy atom. The predicted molar refractivity (Wildman–Crippen MR) is 92.6 cm³/mol. The number of rotatable bonds is 1. The quantitative estimate of drug-likeness (QED) is 0.437. The molecule has 0 fully saturated rings. The molecule has 0 saturated carbocycles. The van der Waals surface area contributed by atoms with Gasteiger partial charge in [0.25, 0.3) is 0 Å². The second kappa shape index (κ2) is 5.84. The number of H-pyrrole nitrogens is 1. The van der Waals surface area contributed by atoms with E-state index in [1.807, 2.05) is 19.9 Å². The molecule has 0 spiro atoms. The topological polar surface area (TPSA) is 15.8 Å². The highest BCUT2D eigenvalue weighted by Crippen LogP contribution is 2.29. The van der Waals surface area contributed by atoms with Gasteiger partial charge in [0.05, 0.1) is 0 Å².